The van der Waals surface area contributed by atoms with Gasteiger partial charge in [0.15, 0.2) is 0 Å². The molecule has 1 N–H and O–H groups in total. The monoisotopic (exact) mass is 299 g/mol. The van der Waals surface area contributed by atoms with Crippen LogP contribution in [0.15, 0.2) is 47.6 Å². The second kappa shape index (κ2) is 6.08. The van der Waals surface area contributed by atoms with E-state index in [4.69, 9.17) is 4.42 Å². The van der Waals surface area contributed by atoms with E-state index in [0.717, 1.165) is 0 Å². The molecule has 3 rings (SSSR count). The lowest BCUT2D eigenvalue weighted by molar-refractivity contribution is 0.0944. The molecule has 0 spiro atoms. The first-order chi connectivity index (χ1) is 10.7. The number of nitrogens with one attached hydrogen (secondary N) is 1. The lowest BCUT2D eigenvalue weighted by Crippen LogP contribution is -2.25. The second-order valence-electron chi connectivity index (χ2n) is 4.24. The van der Waals surface area contributed by atoms with E-state index in [2.05, 4.69) is 25.3 Å². The highest BCUT2D eigenvalue weighted by molar-refractivity contribution is 5.91. The van der Waals surface area contributed by atoms with Crippen molar-refractivity contribution in [3.63, 3.8) is 0 Å². The zero-order chi connectivity index (χ0) is 15.4. The average Bonchev–Trinajstić information content (AvgIpc) is 3.08. The van der Waals surface area contributed by atoms with Crippen molar-refractivity contribution in [2.24, 2.45) is 0 Å². The summed E-state index contributed by atoms with van der Waals surface area (Å²) in [5.41, 5.74) is 0.671. The van der Waals surface area contributed by atoms with Gasteiger partial charge in [-0.1, -0.05) is 0 Å². The first-order valence-electron chi connectivity index (χ1n) is 6.33. The van der Waals surface area contributed by atoms with Gasteiger partial charge in [-0.25, -0.2) is 19.3 Å². The first-order valence-corrected chi connectivity index (χ1v) is 6.33. The fraction of sp³-hybridized carbons (Fsp3) is 0.0714. The Morgan fingerprint density at radius 2 is 2.09 bits per heavy atom. The minimum Gasteiger partial charge on any atom is -0.443 e. The van der Waals surface area contributed by atoms with Gasteiger partial charge in [-0.2, -0.15) is 0 Å². The van der Waals surface area contributed by atoms with Gasteiger partial charge in [-0.15, -0.1) is 0 Å². The van der Waals surface area contributed by atoms with Crippen molar-refractivity contribution in [1.82, 2.24) is 25.3 Å². The van der Waals surface area contributed by atoms with Crippen molar-refractivity contribution in [3.05, 3.63) is 60.4 Å². The molecule has 0 radical (unpaired) electrons. The third-order valence-electron chi connectivity index (χ3n) is 2.79. The molecule has 3 aromatic rings. The maximum Gasteiger partial charge on any atom is 0.271 e. The van der Waals surface area contributed by atoms with Gasteiger partial charge in [0.25, 0.3) is 5.91 Å². The molecule has 8 heteroatoms. The minimum absolute atomic E-state index is 0.0331. The van der Waals surface area contributed by atoms with Gasteiger partial charge in [-0.05, 0) is 12.1 Å². The molecule has 0 saturated carbocycles. The largest absolute Gasteiger partial charge is 0.443 e. The lowest BCUT2D eigenvalue weighted by Gasteiger charge is -2.05. The molecule has 0 unspecified atom stereocenters. The molecule has 0 aliphatic heterocycles. The number of nitrogens with zero attached hydrogens (tertiary/aromatic N) is 4. The summed E-state index contributed by atoms with van der Waals surface area (Å²) in [5, 5.41) is 2.53. The van der Waals surface area contributed by atoms with Gasteiger partial charge in [0.1, 0.15) is 23.5 Å². The van der Waals surface area contributed by atoms with Crippen LogP contribution in [0.1, 0.15) is 16.2 Å². The summed E-state index contributed by atoms with van der Waals surface area (Å²) < 4.78 is 18.5. The molecule has 0 aliphatic carbocycles. The van der Waals surface area contributed by atoms with Gasteiger partial charge in [-0.3, -0.25) is 9.78 Å². The van der Waals surface area contributed by atoms with E-state index >= 15 is 0 Å². The number of halogens is 1. The second-order valence-corrected chi connectivity index (χ2v) is 4.24. The van der Waals surface area contributed by atoms with Crippen LogP contribution in [0.3, 0.4) is 0 Å². The van der Waals surface area contributed by atoms with Gasteiger partial charge >= 0.3 is 0 Å². The van der Waals surface area contributed by atoms with Crippen LogP contribution in [0.25, 0.3) is 11.6 Å². The highest BCUT2D eigenvalue weighted by atomic mass is 19.1. The number of amides is 1. The highest BCUT2D eigenvalue weighted by Gasteiger charge is 2.11. The molecule has 3 aromatic heterocycles. The van der Waals surface area contributed by atoms with E-state index in [9.17, 15) is 9.18 Å². The molecular formula is C14H10FN5O2. The maximum atomic E-state index is 13.4. The Bertz CT molecular complexity index is 774. The van der Waals surface area contributed by atoms with Crippen molar-refractivity contribution in [2.75, 3.05) is 0 Å². The Hall–Kier alpha value is -3.16. The Morgan fingerprint density at radius 3 is 2.77 bits per heavy atom. The summed E-state index contributed by atoms with van der Waals surface area (Å²) >= 11 is 0. The van der Waals surface area contributed by atoms with Gasteiger partial charge < -0.3 is 9.73 Å². The third kappa shape index (κ3) is 2.95. The van der Waals surface area contributed by atoms with E-state index in [1.165, 1.54) is 43.2 Å². The molecule has 110 valence electrons. The first kappa shape index (κ1) is 13.8. The zero-order valence-corrected chi connectivity index (χ0v) is 11.2. The van der Waals surface area contributed by atoms with E-state index in [1.807, 2.05) is 0 Å². The summed E-state index contributed by atoms with van der Waals surface area (Å²) in [7, 11) is 0. The topological polar surface area (TPSA) is 93.8 Å². The molecular weight excluding hydrogens is 289 g/mol. The van der Waals surface area contributed by atoms with Crippen LogP contribution in [0, 0.1) is 5.82 Å². The van der Waals surface area contributed by atoms with Crippen molar-refractivity contribution < 1.29 is 13.6 Å². The number of carbonyl (C=O) groups is 1. The number of hydrogen-bond acceptors (Lipinski definition) is 6. The van der Waals surface area contributed by atoms with Gasteiger partial charge in [0.2, 0.25) is 5.89 Å². The predicted molar refractivity (Wildman–Crippen MR) is 72.9 cm³/mol. The van der Waals surface area contributed by atoms with Gasteiger partial charge in [0, 0.05) is 6.20 Å². The smallest absolute Gasteiger partial charge is 0.271 e. The normalized spacial score (nSPS) is 10.4. The molecule has 7 nitrogen and oxygen atoms in total. The van der Waals surface area contributed by atoms with Crippen LogP contribution >= 0.6 is 0 Å². The van der Waals surface area contributed by atoms with Crippen molar-refractivity contribution in [2.45, 2.75) is 6.54 Å². The molecule has 0 saturated heterocycles. The van der Waals surface area contributed by atoms with Crippen LogP contribution in [-0.4, -0.2) is 25.8 Å². The molecule has 1 amide bonds. The van der Waals surface area contributed by atoms with Crippen LogP contribution in [-0.2, 0) is 6.54 Å². The molecule has 22 heavy (non-hydrogen) atoms. The van der Waals surface area contributed by atoms with Crippen LogP contribution in [0.2, 0.25) is 0 Å². The van der Waals surface area contributed by atoms with Crippen LogP contribution in [0.4, 0.5) is 4.39 Å². The SMILES string of the molecule is O=C(NCc1ncccc1F)c1cnc(-c2ncco2)cn1. The van der Waals surface area contributed by atoms with Crippen molar-refractivity contribution in [1.29, 1.82) is 0 Å². The number of pyridine rings is 1. The third-order valence-corrected chi connectivity index (χ3v) is 2.79. The lowest BCUT2D eigenvalue weighted by atomic mass is 10.3. The minimum atomic E-state index is -0.479. The molecule has 0 aliphatic rings. The number of carbonyl (C=O) groups excluding carboxylic acids is 1. The summed E-state index contributed by atoms with van der Waals surface area (Å²) in [6.45, 7) is -0.0331. The fourth-order valence-corrected chi connectivity index (χ4v) is 1.71. The molecule has 0 fully saturated rings. The fourth-order valence-electron chi connectivity index (χ4n) is 1.71. The molecule has 3 heterocycles. The Morgan fingerprint density at radius 1 is 1.18 bits per heavy atom. The Kier molecular flexibility index (Phi) is 3.82. The van der Waals surface area contributed by atoms with Crippen molar-refractivity contribution >= 4 is 5.91 Å². The van der Waals surface area contributed by atoms with Crippen molar-refractivity contribution in [3.8, 4) is 11.6 Å². The maximum absolute atomic E-state index is 13.4. The molecule has 0 bridgehead atoms. The number of oxazole rings is 1. The Labute approximate surface area is 124 Å². The summed E-state index contributed by atoms with van der Waals surface area (Å²) in [6, 6.07) is 2.76. The molecule has 0 aromatic carbocycles. The van der Waals surface area contributed by atoms with Gasteiger partial charge in [0.05, 0.1) is 30.8 Å². The average molecular weight is 299 g/mol. The van der Waals surface area contributed by atoms with E-state index in [1.54, 1.807) is 0 Å². The number of aromatic nitrogens is 4. The summed E-state index contributed by atoms with van der Waals surface area (Å²) in [6.07, 6.45) is 7.03. The number of hydrogen-bond donors (Lipinski definition) is 1. The highest BCUT2D eigenvalue weighted by Crippen LogP contribution is 2.12. The van der Waals surface area contributed by atoms with Crippen LogP contribution < -0.4 is 5.32 Å². The zero-order valence-electron chi connectivity index (χ0n) is 11.2. The summed E-state index contributed by atoms with van der Waals surface area (Å²) in [4.78, 5) is 27.7. The quantitative estimate of drug-likeness (QED) is 0.786. The van der Waals surface area contributed by atoms with E-state index in [0.29, 0.717) is 11.6 Å². The number of rotatable bonds is 4. The Balaban J connectivity index is 1.67. The standard InChI is InChI=1S/C14H10FN5O2/c15-9-2-1-3-16-10(9)6-20-13(21)11-7-19-12(8-18-11)14-17-4-5-22-14/h1-5,7-8H,6H2,(H,20,21). The van der Waals surface area contributed by atoms with Crippen LogP contribution in [0.5, 0.6) is 0 Å². The predicted octanol–water partition coefficient (Wildman–Crippen LogP) is 1.60. The van der Waals surface area contributed by atoms with E-state index in [-0.39, 0.29) is 17.9 Å². The van der Waals surface area contributed by atoms with E-state index < -0.39 is 11.7 Å². The summed E-state index contributed by atoms with van der Waals surface area (Å²) in [5.74, 6) is -0.639. The molecule has 0 atom stereocenters.